The monoisotopic (exact) mass is 868 g/mol. The summed E-state index contributed by atoms with van der Waals surface area (Å²) < 4.78 is 136. The Kier molecular flexibility index (Phi) is 140. The average Bonchev–Trinajstić information content (AvgIpc) is 2.82. The molecule has 16 N–H and O–H groups in total. The molecule has 0 spiro atoms. The van der Waals surface area contributed by atoms with Crippen molar-refractivity contribution >= 4 is 0 Å². The van der Waals surface area contributed by atoms with Gasteiger partial charge in [-0.05, 0) is 0 Å². The van der Waals surface area contributed by atoms with E-state index < -0.39 is 41.0 Å². The smallest absolute Gasteiger partial charge is 1.00 e. The topological polar surface area (TPSA) is 671 Å². The van der Waals surface area contributed by atoms with Crippen molar-refractivity contribution in [3.8, 4) is 12.1 Å². The summed E-state index contributed by atoms with van der Waals surface area (Å²) in [4.78, 5) is 0. The summed E-state index contributed by atoms with van der Waals surface area (Å²) in [5.74, 6) is 0. The minimum atomic E-state index is -4.94. The molecule has 34 heteroatoms. The molecule has 0 fully saturated rings. The van der Waals surface area contributed by atoms with Gasteiger partial charge in [0, 0.05) is 66.2 Å². The first-order valence-corrected chi connectivity index (χ1v) is 14.3. The molecule has 0 aromatic rings. The quantitative estimate of drug-likeness (QED) is 0.0960. The largest absolute Gasteiger partial charge is 3.00 e. The molecule has 0 saturated heterocycles. The van der Waals surface area contributed by atoms with Crippen molar-refractivity contribution in [2.24, 2.45) is 45.9 Å². The van der Waals surface area contributed by atoms with Gasteiger partial charge < -0.3 is 56.4 Å². The Bertz CT molecular complexity index is 408. The molecule has 0 radical (unpaired) electrons. The van der Waals surface area contributed by atoms with Crippen molar-refractivity contribution in [1.29, 1.82) is 10.5 Å². The Morgan fingerprint density at radius 1 is 0.348 bits per heavy atom. The predicted octanol–water partition coefficient (Wildman–Crippen LogP) is -24.7. The Morgan fingerprint density at radius 2 is 0.370 bits per heavy atom. The van der Waals surface area contributed by atoms with Crippen LogP contribution in [0.15, 0.2) is 0 Å². The van der Waals surface area contributed by atoms with Gasteiger partial charge in [-0.2, -0.15) is 10.5 Å². The van der Waals surface area contributed by atoms with E-state index in [-0.39, 0.29) is 33.6 Å². The molecule has 28 nitrogen and oxygen atoms in total. The molecule has 0 aliphatic rings. The second-order valence-electron chi connectivity index (χ2n) is 4.27. The van der Waals surface area contributed by atoms with Crippen molar-refractivity contribution in [2.45, 2.75) is 13.8 Å². The maximum atomic E-state index is 8.49. The number of halogens is 4. The minimum absolute atomic E-state index is 0. The summed E-state index contributed by atoms with van der Waals surface area (Å²) in [6.45, 7) is 7.64. The van der Waals surface area contributed by atoms with Crippen LogP contribution in [0.5, 0.6) is 0 Å². The van der Waals surface area contributed by atoms with Gasteiger partial charge in [-0.25, -0.2) is 74.5 Å². The molecule has 0 aliphatic heterocycles. The zero-order chi connectivity index (χ0) is 39.1. The molecule has 0 atom stereocenters. The van der Waals surface area contributed by atoms with Gasteiger partial charge in [0.1, 0.15) is 0 Å². The molecule has 0 heterocycles. The van der Waals surface area contributed by atoms with Crippen LogP contribution in [0.2, 0.25) is 0 Å². The Labute approximate surface area is 293 Å². The van der Waals surface area contributed by atoms with Crippen molar-refractivity contribution in [1.82, 2.24) is 0 Å². The van der Waals surface area contributed by atoms with Crippen molar-refractivity contribution in [2.75, 3.05) is 52.4 Å². The third kappa shape index (κ3) is 4850. The van der Waals surface area contributed by atoms with E-state index in [0.29, 0.717) is 52.4 Å². The van der Waals surface area contributed by atoms with E-state index in [2.05, 4.69) is 0 Å². The first kappa shape index (κ1) is 85.6. The molecule has 0 aromatic heterocycles. The van der Waals surface area contributed by atoms with Gasteiger partial charge in [-0.3, -0.25) is 0 Å². The van der Waals surface area contributed by atoms with Gasteiger partial charge in [-0.15, -0.1) is 41.0 Å². The maximum Gasteiger partial charge on any atom is 3.00 e. The van der Waals surface area contributed by atoms with Crippen LogP contribution in [0.4, 0.5) is 0 Å². The average molecular weight is 870 g/mol. The number of nitrogens with two attached hydrogens (primary N) is 8. The molecule has 0 bridgehead atoms. The summed E-state index contributed by atoms with van der Waals surface area (Å²) in [6.07, 6.45) is 0. The first-order chi connectivity index (χ1) is 19.5. The third-order valence-corrected chi connectivity index (χ3v) is 0.667. The standard InChI is InChI=1S/4C2H8N2.2C2H3N.4ClHO4.2Co.O2/c4*3-1-2-4;2*1-2-3;4*2-1(3,4)5;;;1-2/h4*1-4H2;2*1H3;4*(H,2,3,4,5);;;/q;;;;;;;;;;2*+3;-2/p-4. The fraction of sp³-hybridized carbons (Fsp3) is 0.833. The molecule has 0 rings (SSSR count). The number of hydrogen-bond acceptors (Lipinski definition) is 28. The van der Waals surface area contributed by atoms with Crippen LogP contribution in [0.3, 0.4) is 0 Å². The van der Waals surface area contributed by atoms with Crippen LogP contribution >= 0.6 is 0 Å². The zero-order valence-corrected chi connectivity index (χ0v) is 28.8. The van der Waals surface area contributed by atoms with Gasteiger partial charge in [0.2, 0.25) is 0 Å². The van der Waals surface area contributed by atoms with E-state index in [1.807, 2.05) is 0 Å². The summed E-state index contributed by atoms with van der Waals surface area (Å²) >= 11 is 0. The van der Waals surface area contributed by atoms with Gasteiger partial charge in [0.05, 0.1) is 12.1 Å². The summed E-state index contributed by atoms with van der Waals surface area (Å²) in [5, 5.41) is 28.6. The number of rotatable bonds is 4. The molecule has 0 amide bonds. The van der Waals surface area contributed by atoms with Gasteiger partial charge in [-0.1, -0.05) is 0 Å². The van der Waals surface area contributed by atoms with Crippen LogP contribution in [-0.2, 0) is 33.6 Å². The van der Waals surface area contributed by atoms with Crippen LogP contribution < -0.4 is 131 Å². The summed E-state index contributed by atoms with van der Waals surface area (Å²) in [7, 11) is -19.8. The summed E-state index contributed by atoms with van der Waals surface area (Å²) in [6, 6.07) is 3.50. The minimum Gasteiger partial charge on any atom is -1.00 e. The predicted molar refractivity (Wildman–Crippen MR) is 95.0 cm³/mol. The SMILES string of the molecule is CC#N.CC#N.NCCN.NCCN.NCCN.NCCN.[Co+3].[Co+3].[O-][Cl+3]([O-])([O-])[O-].[O-][Cl+3]([O-])([O-])[O-].[O-][Cl+3]([O-])([O-])[O-].[O-][Cl+3]([O-])([O-])[O-].[O-][O-]. The van der Waals surface area contributed by atoms with Crippen LogP contribution in [0, 0.1) is 63.6 Å². The number of nitrogens with zero attached hydrogens (tertiary/aromatic N) is 2. The second kappa shape index (κ2) is 75.4. The van der Waals surface area contributed by atoms with E-state index in [1.165, 1.54) is 13.8 Å². The van der Waals surface area contributed by atoms with E-state index in [0.717, 1.165) is 0 Å². The van der Waals surface area contributed by atoms with E-state index in [4.69, 9.17) is 141 Å². The van der Waals surface area contributed by atoms with Crippen molar-refractivity contribution in [3.05, 3.63) is 0 Å². The van der Waals surface area contributed by atoms with Crippen molar-refractivity contribution in [3.63, 3.8) is 0 Å². The van der Waals surface area contributed by atoms with Gasteiger partial charge >= 0.3 is 33.6 Å². The second-order valence-corrected chi connectivity index (χ2v) is 7.29. The third-order valence-electron chi connectivity index (χ3n) is 0.667. The van der Waals surface area contributed by atoms with E-state index in [9.17, 15) is 0 Å². The molecule has 290 valence electrons. The van der Waals surface area contributed by atoms with Crippen LogP contribution in [0.1, 0.15) is 13.8 Å². The fourth-order valence-electron chi connectivity index (χ4n) is 0. The molecular formula is C12H38Cl4Co2N10O18. The Hall–Kier alpha value is 0.113. The molecule has 0 unspecified atom stereocenters. The number of nitriles is 2. The van der Waals surface area contributed by atoms with Crippen LogP contribution in [-0.4, -0.2) is 52.4 Å². The summed E-state index contributed by atoms with van der Waals surface area (Å²) in [5.41, 5.74) is 39.2. The Morgan fingerprint density at radius 3 is 0.370 bits per heavy atom. The normalized spacial score (nSPS) is 8.30. The number of hydrogen-bond donors (Lipinski definition) is 8. The van der Waals surface area contributed by atoms with Crippen molar-refractivity contribution < 1.29 is 160 Å². The van der Waals surface area contributed by atoms with E-state index in [1.54, 1.807) is 12.1 Å². The van der Waals surface area contributed by atoms with Gasteiger partial charge in [0.15, 0.2) is 0 Å². The van der Waals surface area contributed by atoms with E-state index >= 15 is 0 Å². The van der Waals surface area contributed by atoms with Gasteiger partial charge in [0.25, 0.3) is 0 Å². The fourth-order valence-corrected chi connectivity index (χ4v) is 0. The molecular weight excluding hydrogens is 832 g/mol. The molecule has 0 aliphatic carbocycles. The molecule has 0 aromatic carbocycles. The Balaban J connectivity index is -0.0000000238. The molecule has 0 saturated carbocycles. The zero-order valence-electron chi connectivity index (χ0n) is 23.7. The first-order valence-electron chi connectivity index (χ1n) is 9.35. The van der Waals surface area contributed by atoms with Crippen LogP contribution in [0.25, 0.3) is 0 Å². The molecule has 46 heavy (non-hydrogen) atoms. The maximum absolute atomic E-state index is 8.49.